The Labute approximate surface area is 121 Å². The van der Waals surface area contributed by atoms with Crippen LogP contribution in [0.3, 0.4) is 0 Å². The van der Waals surface area contributed by atoms with Crippen molar-refractivity contribution in [3.05, 3.63) is 45.9 Å². The van der Waals surface area contributed by atoms with Gasteiger partial charge in [0.2, 0.25) is 0 Å². The number of ether oxygens (including phenoxy) is 1. The zero-order chi connectivity index (χ0) is 14.2. The first-order valence-electron chi connectivity index (χ1n) is 6.48. The molecule has 1 atom stereocenters. The second-order valence-corrected chi connectivity index (χ2v) is 6.08. The van der Waals surface area contributed by atoms with Crippen molar-refractivity contribution in [2.24, 2.45) is 0 Å². The maximum absolute atomic E-state index is 12.0. The highest BCUT2D eigenvalue weighted by atomic mass is 32.1. The van der Waals surface area contributed by atoms with Crippen LogP contribution in [-0.2, 0) is 16.6 Å². The Morgan fingerprint density at radius 3 is 3.00 bits per heavy atom. The van der Waals surface area contributed by atoms with Crippen LogP contribution in [0.4, 0.5) is 0 Å². The normalized spacial score (nSPS) is 21.1. The van der Waals surface area contributed by atoms with Crippen LogP contribution in [0, 0.1) is 6.92 Å². The van der Waals surface area contributed by atoms with Crippen molar-refractivity contribution >= 4 is 17.3 Å². The molecule has 1 aliphatic heterocycles. The summed E-state index contributed by atoms with van der Waals surface area (Å²) in [5.74, 6) is -0.132. The van der Waals surface area contributed by atoms with Crippen LogP contribution in [-0.4, -0.2) is 22.7 Å². The lowest BCUT2D eigenvalue weighted by atomic mass is 9.73. The molecule has 1 N–H and O–H groups in total. The smallest absolute Gasteiger partial charge is 0.314 e. The van der Waals surface area contributed by atoms with E-state index < -0.39 is 11.4 Å². The fraction of sp³-hybridized carbons (Fsp3) is 0.333. The van der Waals surface area contributed by atoms with Gasteiger partial charge >= 0.3 is 5.97 Å². The Balaban J connectivity index is 2.07. The molecule has 0 saturated heterocycles. The zero-order valence-corrected chi connectivity index (χ0v) is 11.9. The van der Waals surface area contributed by atoms with Crippen LogP contribution in [0.1, 0.15) is 22.7 Å². The van der Waals surface area contributed by atoms with Gasteiger partial charge < -0.3 is 9.84 Å². The molecule has 0 spiro atoms. The molecule has 0 saturated carbocycles. The predicted octanol–water partition coefficient (Wildman–Crippen LogP) is 2.80. The van der Waals surface area contributed by atoms with Crippen LogP contribution in [0.5, 0.6) is 5.75 Å². The number of rotatable bonds is 3. The maximum Gasteiger partial charge on any atom is 0.314 e. The van der Waals surface area contributed by atoms with E-state index in [1.165, 1.54) is 0 Å². The third-order valence-corrected chi connectivity index (χ3v) is 4.57. The van der Waals surface area contributed by atoms with Gasteiger partial charge in [0.25, 0.3) is 0 Å². The number of hydrogen-bond donors (Lipinski definition) is 1. The van der Waals surface area contributed by atoms with Gasteiger partial charge in [0, 0.05) is 23.8 Å². The molecule has 2 heterocycles. The lowest BCUT2D eigenvalue weighted by Crippen LogP contribution is -2.42. The number of aromatic nitrogens is 1. The molecule has 3 rings (SSSR count). The van der Waals surface area contributed by atoms with Gasteiger partial charge in [-0.15, -0.1) is 11.3 Å². The molecule has 0 radical (unpaired) electrons. The molecular formula is C15H15NO3S. The van der Waals surface area contributed by atoms with Crippen molar-refractivity contribution in [2.45, 2.75) is 25.2 Å². The fourth-order valence-electron chi connectivity index (χ4n) is 2.74. The Morgan fingerprint density at radius 2 is 2.30 bits per heavy atom. The summed E-state index contributed by atoms with van der Waals surface area (Å²) in [4.78, 5) is 16.4. The summed E-state index contributed by atoms with van der Waals surface area (Å²) < 4.78 is 5.59. The van der Waals surface area contributed by atoms with Gasteiger partial charge in [-0.25, -0.2) is 4.98 Å². The van der Waals surface area contributed by atoms with E-state index in [0.717, 1.165) is 16.3 Å². The van der Waals surface area contributed by atoms with E-state index in [0.29, 0.717) is 25.2 Å². The van der Waals surface area contributed by atoms with Crippen LogP contribution in [0.15, 0.2) is 29.6 Å². The number of fused-ring (bicyclic) bond motifs is 1. The number of nitrogens with zero attached hydrogens (tertiary/aromatic N) is 1. The minimum atomic E-state index is -0.935. The first kappa shape index (κ1) is 13.1. The molecule has 0 fully saturated rings. The van der Waals surface area contributed by atoms with Crippen molar-refractivity contribution in [2.75, 3.05) is 6.61 Å². The minimum Gasteiger partial charge on any atom is -0.493 e. The van der Waals surface area contributed by atoms with E-state index in [-0.39, 0.29) is 0 Å². The molecule has 4 nitrogen and oxygen atoms in total. The summed E-state index contributed by atoms with van der Waals surface area (Å²) in [5.41, 5.74) is 0.658. The van der Waals surface area contributed by atoms with Gasteiger partial charge in [-0.3, -0.25) is 4.79 Å². The molecule has 1 aliphatic rings. The quantitative estimate of drug-likeness (QED) is 0.944. The van der Waals surface area contributed by atoms with Crippen molar-refractivity contribution in [1.82, 2.24) is 4.98 Å². The number of carbonyl (C=O) groups is 1. The number of para-hydroxylation sites is 1. The second-order valence-electron chi connectivity index (χ2n) is 5.02. The summed E-state index contributed by atoms with van der Waals surface area (Å²) in [6.07, 6.45) is 0.878. The summed E-state index contributed by atoms with van der Waals surface area (Å²) in [6, 6.07) is 7.40. The fourth-order valence-corrected chi connectivity index (χ4v) is 3.35. The minimum absolute atomic E-state index is 0.410. The third kappa shape index (κ3) is 2.08. The predicted molar refractivity (Wildman–Crippen MR) is 76.4 cm³/mol. The molecule has 104 valence electrons. The summed E-state index contributed by atoms with van der Waals surface area (Å²) in [7, 11) is 0. The van der Waals surface area contributed by atoms with E-state index in [9.17, 15) is 9.90 Å². The van der Waals surface area contributed by atoms with E-state index in [4.69, 9.17) is 4.74 Å². The van der Waals surface area contributed by atoms with Crippen LogP contribution in [0.25, 0.3) is 0 Å². The third-order valence-electron chi connectivity index (χ3n) is 3.75. The van der Waals surface area contributed by atoms with Crippen LogP contribution < -0.4 is 4.74 Å². The van der Waals surface area contributed by atoms with Crippen molar-refractivity contribution in [3.63, 3.8) is 0 Å². The molecule has 0 amide bonds. The number of carboxylic acid groups (broad SMARTS) is 1. The van der Waals surface area contributed by atoms with E-state index >= 15 is 0 Å². The molecule has 1 aromatic heterocycles. The zero-order valence-electron chi connectivity index (χ0n) is 11.1. The Morgan fingerprint density at radius 1 is 1.50 bits per heavy atom. The van der Waals surface area contributed by atoms with Crippen LogP contribution >= 0.6 is 11.3 Å². The average Bonchev–Trinajstić information content (AvgIpc) is 2.84. The number of aliphatic carboxylic acids is 1. The molecule has 20 heavy (non-hydrogen) atoms. The molecular weight excluding hydrogens is 274 g/mol. The highest BCUT2D eigenvalue weighted by Crippen LogP contribution is 2.41. The Kier molecular flexibility index (Phi) is 3.22. The Hall–Kier alpha value is -1.88. The summed E-state index contributed by atoms with van der Waals surface area (Å²) >= 11 is 1.55. The van der Waals surface area contributed by atoms with E-state index in [1.54, 1.807) is 11.3 Å². The highest BCUT2D eigenvalue weighted by Gasteiger charge is 2.45. The number of aryl methyl sites for hydroxylation is 1. The van der Waals surface area contributed by atoms with Gasteiger partial charge in [-0.05, 0) is 13.0 Å². The highest BCUT2D eigenvalue weighted by molar-refractivity contribution is 7.09. The van der Waals surface area contributed by atoms with Crippen molar-refractivity contribution < 1.29 is 14.6 Å². The standard InChI is InChI=1S/C15H15NO3S/c1-10-16-11(9-20-10)8-15(14(17)18)6-7-19-13-5-3-2-4-12(13)15/h2-5,9H,6-8H2,1H3,(H,17,18). The number of hydrogen-bond acceptors (Lipinski definition) is 4. The Bertz CT molecular complexity index is 652. The van der Waals surface area contributed by atoms with E-state index in [1.807, 2.05) is 36.6 Å². The molecule has 2 aromatic rings. The van der Waals surface area contributed by atoms with Gasteiger partial charge in [-0.1, -0.05) is 18.2 Å². The van der Waals surface area contributed by atoms with Crippen LogP contribution in [0.2, 0.25) is 0 Å². The largest absolute Gasteiger partial charge is 0.493 e. The van der Waals surface area contributed by atoms with Gasteiger partial charge in [0.05, 0.1) is 17.3 Å². The average molecular weight is 289 g/mol. The summed E-state index contributed by atoms with van der Waals surface area (Å²) in [5, 5.41) is 12.7. The monoisotopic (exact) mass is 289 g/mol. The lowest BCUT2D eigenvalue weighted by Gasteiger charge is -2.34. The summed E-state index contributed by atoms with van der Waals surface area (Å²) in [6.45, 7) is 2.35. The second kappa shape index (κ2) is 4.90. The lowest BCUT2D eigenvalue weighted by molar-refractivity contribution is -0.145. The molecule has 5 heteroatoms. The van der Waals surface area contributed by atoms with Gasteiger partial charge in [0.15, 0.2) is 0 Å². The first-order valence-corrected chi connectivity index (χ1v) is 7.36. The SMILES string of the molecule is Cc1nc(CC2(C(=O)O)CCOc3ccccc32)cs1. The van der Waals surface area contributed by atoms with Gasteiger partial charge in [-0.2, -0.15) is 0 Å². The topological polar surface area (TPSA) is 59.4 Å². The van der Waals surface area contributed by atoms with E-state index in [2.05, 4.69) is 4.98 Å². The van der Waals surface area contributed by atoms with Gasteiger partial charge in [0.1, 0.15) is 11.2 Å². The van der Waals surface area contributed by atoms with Crippen molar-refractivity contribution in [1.29, 1.82) is 0 Å². The molecule has 1 unspecified atom stereocenters. The maximum atomic E-state index is 12.0. The molecule has 1 aromatic carbocycles. The number of benzene rings is 1. The molecule has 0 bridgehead atoms. The molecule has 0 aliphatic carbocycles. The number of thiazole rings is 1. The first-order chi connectivity index (χ1) is 9.62. The van der Waals surface area contributed by atoms with Crippen molar-refractivity contribution in [3.8, 4) is 5.75 Å². The number of carboxylic acids is 1.